The number of aliphatic hydroxyl groups excluding tert-OH is 1. The monoisotopic (exact) mass is 275 g/mol. The summed E-state index contributed by atoms with van der Waals surface area (Å²) in [5.41, 5.74) is -0.755. The van der Waals surface area contributed by atoms with Crippen molar-refractivity contribution in [2.24, 2.45) is 0 Å². The van der Waals surface area contributed by atoms with Crippen molar-refractivity contribution in [2.45, 2.75) is 13.0 Å². The molecule has 0 fully saturated rings. The van der Waals surface area contributed by atoms with E-state index in [1.807, 2.05) is 0 Å². The van der Waals surface area contributed by atoms with Crippen molar-refractivity contribution in [1.29, 1.82) is 5.26 Å². The summed E-state index contributed by atoms with van der Waals surface area (Å²) in [5, 5.41) is 17.7. The Balaban J connectivity index is 3.41. The average molecular weight is 275 g/mol. The average Bonchev–Trinajstić information content (AvgIpc) is 2.35. The van der Waals surface area contributed by atoms with Gasteiger partial charge in [0.25, 0.3) is 0 Å². The number of ether oxygens (including phenoxy) is 2. The van der Waals surface area contributed by atoms with Crippen LogP contribution in [0, 0.1) is 11.3 Å². The van der Waals surface area contributed by atoms with E-state index in [4.69, 9.17) is 10.4 Å². The quantitative estimate of drug-likeness (QED) is 0.850. The number of carbonyl (C=O) groups is 1. The van der Waals surface area contributed by atoms with Gasteiger partial charge < -0.3 is 14.6 Å². The van der Waals surface area contributed by atoms with Crippen molar-refractivity contribution in [2.75, 3.05) is 7.11 Å². The summed E-state index contributed by atoms with van der Waals surface area (Å²) >= 11 is 0. The van der Waals surface area contributed by atoms with Crippen molar-refractivity contribution in [1.82, 2.24) is 0 Å². The summed E-state index contributed by atoms with van der Waals surface area (Å²) in [6, 6.07) is 3.25. The molecule has 1 aromatic rings. The van der Waals surface area contributed by atoms with E-state index in [1.54, 1.807) is 6.07 Å². The van der Waals surface area contributed by atoms with Crippen LogP contribution in [0.25, 0.3) is 0 Å². The highest BCUT2D eigenvalue weighted by atomic mass is 19.4. The van der Waals surface area contributed by atoms with Crippen molar-refractivity contribution in [3.8, 4) is 11.8 Å². The zero-order valence-electron chi connectivity index (χ0n) is 9.61. The van der Waals surface area contributed by atoms with E-state index in [1.165, 1.54) is 0 Å². The summed E-state index contributed by atoms with van der Waals surface area (Å²) in [5.74, 6) is -1.92. The lowest BCUT2D eigenvalue weighted by Gasteiger charge is -2.14. The molecule has 102 valence electrons. The number of nitrogens with zero attached hydrogens (tertiary/aromatic N) is 1. The van der Waals surface area contributed by atoms with Crippen molar-refractivity contribution in [3.05, 3.63) is 28.8 Å². The van der Waals surface area contributed by atoms with Gasteiger partial charge in [-0.15, -0.1) is 13.2 Å². The summed E-state index contributed by atoms with van der Waals surface area (Å²) in [6.07, 6.45) is -5.02. The number of esters is 1. The van der Waals surface area contributed by atoms with E-state index >= 15 is 0 Å². The van der Waals surface area contributed by atoms with E-state index in [9.17, 15) is 18.0 Å². The minimum Gasteiger partial charge on any atom is -0.465 e. The van der Waals surface area contributed by atoms with Gasteiger partial charge in [0.2, 0.25) is 0 Å². The predicted molar refractivity (Wildman–Crippen MR) is 55.1 cm³/mol. The fourth-order valence-corrected chi connectivity index (χ4v) is 1.34. The number of aliphatic hydroxyl groups is 1. The molecule has 1 rings (SSSR count). The first-order chi connectivity index (χ1) is 8.82. The number of benzene rings is 1. The highest BCUT2D eigenvalue weighted by molar-refractivity contribution is 5.93. The van der Waals surface area contributed by atoms with E-state index < -0.39 is 30.3 Å². The largest absolute Gasteiger partial charge is 0.573 e. The minimum absolute atomic E-state index is 0.00238. The standard InChI is InChI=1S/C11H8F3NO4/c1-18-10(17)8-2-7(5-16)6(4-15)3-9(8)19-11(12,13)14/h2-3,16H,5H2,1H3. The maximum absolute atomic E-state index is 12.2. The molecule has 0 spiro atoms. The second kappa shape index (κ2) is 5.58. The molecule has 0 unspecified atom stereocenters. The Morgan fingerprint density at radius 3 is 2.53 bits per heavy atom. The summed E-state index contributed by atoms with van der Waals surface area (Å²) in [4.78, 5) is 11.4. The number of methoxy groups -OCH3 is 1. The second-order valence-electron chi connectivity index (χ2n) is 3.31. The smallest absolute Gasteiger partial charge is 0.465 e. The van der Waals surface area contributed by atoms with Crippen LogP contribution in [-0.4, -0.2) is 24.5 Å². The van der Waals surface area contributed by atoms with Crippen LogP contribution in [0.15, 0.2) is 12.1 Å². The minimum atomic E-state index is -5.02. The van der Waals surface area contributed by atoms with Gasteiger partial charge in [0, 0.05) is 0 Å². The van der Waals surface area contributed by atoms with Crippen LogP contribution in [0.5, 0.6) is 5.75 Å². The molecule has 0 radical (unpaired) electrons. The Morgan fingerprint density at radius 2 is 2.11 bits per heavy atom. The first-order valence-corrected chi connectivity index (χ1v) is 4.84. The molecule has 5 nitrogen and oxygen atoms in total. The highest BCUT2D eigenvalue weighted by Gasteiger charge is 2.33. The number of hydrogen-bond donors (Lipinski definition) is 1. The van der Waals surface area contributed by atoms with Gasteiger partial charge in [-0.05, 0) is 17.7 Å². The fraction of sp³-hybridized carbons (Fsp3) is 0.273. The SMILES string of the molecule is COC(=O)c1cc(CO)c(C#N)cc1OC(F)(F)F. The van der Waals surface area contributed by atoms with Crippen LogP contribution in [-0.2, 0) is 11.3 Å². The lowest BCUT2D eigenvalue weighted by molar-refractivity contribution is -0.274. The van der Waals surface area contributed by atoms with E-state index in [0.29, 0.717) is 0 Å². The van der Waals surface area contributed by atoms with Gasteiger partial charge in [0.15, 0.2) is 0 Å². The maximum Gasteiger partial charge on any atom is 0.573 e. The normalized spacial score (nSPS) is 10.7. The van der Waals surface area contributed by atoms with Gasteiger partial charge in [-0.25, -0.2) is 4.79 Å². The third-order valence-corrected chi connectivity index (χ3v) is 2.13. The molecule has 0 saturated carbocycles. The van der Waals surface area contributed by atoms with Crippen molar-refractivity contribution >= 4 is 5.97 Å². The third kappa shape index (κ3) is 3.59. The van der Waals surface area contributed by atoms with Crippen LogP contribution in [0.2, 0.25) is 0 Å². The molecule has 0 saturated heterocycles. The molecular weight excluding hydrogens is 267 g/mol. The number of rotatable bonds is 3. The molecule has 0 amide bonds. The van der Waals surface area contributed by atoms with E-state index in [-0.39, 0.29) is 11.1 Å². The third-order valence-electron chi connectivity index (χ3n) is 2.13. The van der Waals surface area contributed by atoms with Crippen molar-refractivity contribution in [3.63, 3.8) is 0 Å². The van der Waals surface area contributed by atoms with Crippen LogP contribution in [0.4, 0.5) is 13.2 Å². The lowest BCUT2D eigenvalue weighted by Crippen LogP contribution is -2.20. The van der Waals surface area contributed by atoms with Crippen LogP contribution in [0.1, 0.15) is 21.5 Å². The van der Waals surface area contributed by atoms with Gasteiger partial charge in [0.1, 0.15) is 11.3 Å². The van der Waals surface area contributed by atoms with Crippen LogP contribution >= 0.6 is 0 Å². The molecule has 0 aliphatic rings. The molecule has 0 heterocycles. The van der Waals surface area contributed by atoms with Crippen molar-refractivity contribution < 1.29 is 32.5 Å². The van der Waals surface area contributed by atoms with Gasteiger partial charge in [-0.1, -0.05) is 0 Å². The Labute approximate surface area is 105 Å². The van der Waals surface area contributed by atoms with Gasteiger partial charge in [0.05, 0.1) is 25.3 Å². The molecule has 1 N–H and O–H groups in total. The van der Waals surface area contributed by atoms with Crippen LogP contribution in [0.3, 0.4) is 0 Å². The molecule has 0 bridgehead atoms. The molecule has 8 heteroatoms. The predicted octanol–water partition coefficient (Wildman–Crippen LogP) is 1.74. The Bertz CT molecular complexity index is 534. The van der Waals surface area contributed by atoms with Crippen LogP contribution < -0.4 is 4.74 Å². The molecule has 19 heavy (non-hydrogen) atoms. The second-order valence-corrected chi connectivity index (χ2v) is 3.31. The van der Waals surface area contributed by atoms with Gasteiger partial charge >= 0.3 is 12.3 Å². The number of carbonyl (C=O) groups excluding carboxylic acids is 1. The lowest BCUT2D eigenvalue weighted by atomic mass is 10.0. The zero-order chi connectivity index (χ0) is 14.6. The first-order valence-electron chi connectivity index (χ1n) is 4.84. The maximum atomic E-state index is 12.2. The zero-order valence-corrected chi connectivity index (χ0v) is 9.61. The molecular formula is C11H8F3NO4. The number of halogens is 3. The fourth-order valence-electron chi connectivity index (χ4n) is 1.34. The van der Waals surface area contributed by atoms with Gasteiger partial charge in [-0.2, -0.15) is 5.26 Å². The Hall–Kier alpha value is -2.27. The number of hydrogen-bond acceptors (Lipinski definition) is 5. The summed E-state index contributed by atoms with van der Waals surface area (Å²) in [6.45, 7) is -0.612. The summed E-state index contributed by atoms with van der Waals surface area (Å²) in [7, 11) is 0.983. The Morgan fingerprint density at radius 1 is 1.47 bits per heavy atom. The number of nitriles is 1. The number of alkyl halides is 3. The molecule has 0 aromatic heterocycles. The molecule has 0 aliphatic carbocycles. The summed E-state index contributed by atoms with van der Waals surface area (Å²) < 4.78 is 44.6. The highest BCUT2D eigenvalue weighted by Crippen LogP contribution is 2.29. The Kier molecular flexibility index (Phi) is 4.34. The van der Waals surface area contributed by atoms with E-state index in [0.717, 1.165) is 19.2 Å². The first kappa shape index (κ1) is 14.8. The molecule has 0 aliphatic heterocycles. The molecule has 0 atom stereocenters. The topological polar surface area (TPSA) is 79.5 Å². The molecule has 1 aromatic carbocycles. The van der Waals surface area contributed by atoms with Gasteiger partial charge in [-0.3, -0.25) is 0 Å². The van der Waals surface area contributed by atoms with E-state index in [2.05, 4.69) is 9.47 Å².